The second kappa shape index (κ2) is 5.12. The van der Waals surface area contributed by atoms with Gasteiger partial charge in [0.15, 0.2) is 0 Å². The zero-order chi connectivity index (χ0) is 12.2. The van der Waals surface area contributed by atoms with Crippen molar-refractivity contribution in [2.45, 2.75) is 18.2 Å². The van der Waals surface area contributed by atoms with E-state index in [9.17, 15) is 8.42 Å². The van der Waals surface area contributed by atoms with Crippen LogP contribution < -0.4 is 0 Å². The molecule has 0 aromatic heterocycles. The van der Waals surface area contributed by atoms with Gasteiger partial charge in [0.05, 0.1) is 4.90 Å². The summed E-state index contributed by atoms with van der Waals surface area (Å²) in [6.07, 6.45) is 2.17. The predicted octanol–water partition coefficient (Wildman–Crippen LogP) is 1.53. The van der Waals surface area contributed by atoms with Crippen LogP contribution in [0.5, 0.6) is 0 Å². The maximum absolute atomic E-state index is 11.7. The first-order valence-corrected chi connectivity index (χ1v) is 6.45. The Bertz CT molecular complexity index is 461. The molecule has 0 radical (unpaired) electrons. The summed E-state index contributed by atoms with van der Waals surface area (Å²) in [6, 6.07) is 6.78. The first kappa shape index (κ1) is 12.7. The molecular weight excluding hydrogens is 224 g/mol. The Balaban J connectivity index is 2.99. The van der Waals surface area contributed by atoms with Crippen molar-refractivity contribution in [3.63, 3.8) is 0 Å². The highest BCUT2D eigenvalue weighted by molar-refractivity contribution is 7.90. The summed E-state index contributed by atoms with van der Waals surface area (Å²) in [5.41, 5.74) is 1.11. The Hall–Kier alpha value is -1.36. The van der Waals surface area contributed by atoms with Gasteiger partial charge in [0.25, 0.3) is 10.0 Å². The highest BCUT2D eigenvalue weighted by atomic mass is 32.2. The third-order valence-corrected chi connectivity index (χ3v) is 3.29. The normalized spacial score (nSPS) is 11.9. The molecule has 4 nitrogen and oxygen atoms in total. The summed E-state index contributed by atoms with van der Waals surface area (Å²) in [5, 5.41) is 0. The molecule has 0 saturated carbocycles. The van der Waals surface area contributed by atoms with Crippen LogP contribution >= 0.6 is 0 Å². The molecule has 0 heterocycles. The van der Waals surface area contributed by atoms with Crippen LogP contribution in [-0.4, -0.2) is 33.8 Å². The van der Waals surface area contributed by atoms with Crippen molar-refractivity contribution in [2.24, 2.45) is 4.40 Å². The molecule has 0 spiro atoms. The van der Waals surface area contributed by atoms with E-state index in [4.69, 9.17) is 0 Å². The van der Waals surface area contributed by atoms with Crippen molar-refractivity contribution in [3.8, 4) is 0 Å². The minimum atomic E-state index is -3.55. The number of nitrogens with zero attached hydrogens (tertiary/aromatic N) is 2. The van der Waals surface area contributed by atoms with Gasteiger partial charge in [-0.15, -0.1) is 4.40 Å². The van der Waals surface area contributed by atoms with E-state index in [-0.39, 0.29) is 4.90 Å². The highest BCUT2D eigenvalue weighted by Crippen LogP contribution is 2.13. The van der Waals surface area contributed by atoms with E-state index < -0.39 is 10.0 Å². The molecule has 0 bridgehead atoms. The van der Waals surface area contributed by atoms with Crippen molar-refractivity contribution in [1.82, 2.24) is 4.90 Å². The van der Waals surface area contributed by atoms with Gasteiger partial charge in [-0.25, -0.2) is 0 Å². The van der Waals surface area contributed by atoms with Crippen molar-refractivity contribution >= 4 is 16.4 Å². The molecule has 0 amide bonds. The van der Waals surface area contributed by atoms with Crippen LogP contribution in [0.2, 0.25) is 0 Å². The van der Waals surface area contributed by atoms with Crippen molar-refractivity contribution in [2.75, 3.05) is 14.1 Å². The van der Waals surface area contributed by atoms with Crippen LogP contribution in [0, 0.1) is 0 Å². The first-order valence-electron chi connectivity index (χ1n) is 5.01. The summed E-state index contributed by atoms with van der Waals surface area (Å²) in [5.74, 6) is 0. The zero-order valence-corrected chi connectivity index (χ0v) is 10.5. The molecule has 0 aliphatic heterocycles. The van der Waals surface area contributed by atoms with Gasteiger partial charge in [-0.1, -0.05) is 19.1 Å². The van der Waals surface area contributed by atoms with Gasteiger partial charge in [0.2, 0.25) is 0 Å². The van der Waals surface area contributed by atoms with E-state index in [0.717, 1.165) is 12.0 Å². The number of rotatable bonds is 4. The van der Waals surface area contributed by atoms with E-state index in [2.05, 4.69) is 4.40 Å². The smallest absolute Gasteiger partial charge is 0.283 e. The molecule has 1 aromatic carbocycles. The average molecular weight is 240 g/mol. The quantitative estimate of drug-likeness (QED) is 0.592. The maximum Gasteiger partial charge on any atom is 0.283 e. The number of benzene rings is 1. The lowest BCUT2D eigenvalue weighted by atomic mass is 10.2. The molecule has 88 valence electrons. The lowest BCUT2D eigenvalue weighted by Gasteiger charge is -2.03. The summed E-state index contributed by atoms with van der Waals surface area (Å²) in [6.45, 7) is 2.02. The van der Waals surface area contributed by atoms with Gasteiger partial charge < -0.3 is 4.90 Å². The van der Waals surface area contributed by atoms with Gasteiger partial charge in [0, 0.05) is 14.1 Å². The molecule has 5 heteroatoms. The third kappa shape index (κ3) is 3.34. The molecule has 0 saturated heterocycles. The Labute approximate surface area is 96.7 Å². The second-order valence-corrected chi connectivity index (χ2v) is 5.29. The molecular formula is C11H16N2O2S. The van der Waals surface area contributed by atoms with E-state index in [1.54, 1.807) is 43.3 Å². The maximum atomic E-state index is 11.7. The van der Waals surface area contributed by atoms with Crippen molar-refractivity contribution in [3.05, 3.63) is 29.8 Å². The third-order valence-electron chi connectivity index (χ3n) is 2.05. The second-order valence-electron chi connectivity index (χ2n) is 3.66. The molecule has 0 unspecified atom stereocenters. The van der Waals surface area contributed by atoms with E-state index in [1.807, 2.05) is 6.92 Å². The fraction of sp³-hybridized carbons (Fsp3) is 0.364. The van der Waals surface area contributed by atoms with Crippen LogP contribution in [0.1, 0.15) is 12.5 Å². The standard InChI is InChI=1S/C11H16N2O2S/c1-4-10-5-7-11(8-6-10)16(14,15)12-9-13(2)3/h5-9H,4H2,1-3H3/b12-9+. The summed E-state index contributed by atoms with van der Waals surface area (Å²) in [4.78, 5) is 1.81. The van der Waals surface area contributed by atoms with Gasteiger partial charge in [0.1, 0.15) is 6.34 Å². The lowest BCUT2D eigenvalue weighted by molar-refractivity contribution is 0.595. The molecule has 1 aromatic rings. The predicted molar refractivity (Wildman–Crippen MR) is 65.2 cm³/mol. The van der Waals surface area contributed by atoms with E-state index in [1.165, 1.54) is 6.34 Å². The first-order chi connectivity index (χ1) is 7.45. The molecule has 0 fully saturated rings. The highest BCUT2D eigenvalue weighted by Gasteiger charge is 2.10. The van der Waals surface area contributed by atoms with Gasteiger partial charge in [-0.2, -0.15) is 8.42 Å². The fourth-order valence-corrected chi connectivity index (χ4v) is 2.03. The molecule has 0 aliphatic rings. The van der Waals surface area contributed by atoms with Crippen molar-refractivity contribution < 1.29 is 8.42 Å². The average Bonchev–Trinajstić information content (AvgIpc) is 2.27. The van der Waals surface area contributed by atoms with Crippen LogP contribution in [0.4, 0.5) is 0 Å². The Morgan fingerprint density at radius 2 is 1.81 bits per heavy atom. The molecule has 0 N–H and O–H groups in total. The van der Waals surface area contributed by atoms with Crippen LogP contribution in [-0.2, 0) is 16.4 Å². The van der Waals surface area contributed by atoms with Gasteiger partial charge >= 0.3 is 0 Å². The van der Waals surface area contributed by atoms with Crippen LogP contribution in [0.3, 0.4) is 0 Å². The van der Waals surface area contributed by atoms with Gasteiger partial charge in [-0.3, -0.25) is 0 Å². The number of sulfonamides is 1. The minimum Gasteiger partial charge on any atom is -0.368 e. The van der Waals surface area contributed by atoms with E-state index >= 15 is 0 Å². The molecule has 0 atom stereocenters. The summed E-state index contributed by atoms with van der Waals surface area (Å²) < 4.78 is 27.0. The summed E-state index contributed by atoms with van der Waals surface area (Å²) >= 11 is 0. The molecule has 16 heavy (non-hydrogen) atoms. The monoisotopic (exact) mass is 240 g/mol. The number of aryl methyl sites for hydroxylation is 1. The fourth-order valence-electron chi connectivity index (χ4n) is 1.11. The molecule has 1 rings (SSSR count). The topological polar surface area (TPSA) is 49.7 Å². The number of hydrogen-bond donors (Lipinski definition) is 0. The Morgan fingerprint density at radius 3 is 2.25 bits per heavy atom. The van der Waals surface area contributed by atoms with Crippen molar-refractivity contribution in [1.29, 1.82) is 0 Å². The summed E-state index contributed by atoms with van der Waals surface area (Å²) in [7, 11) is -0.110. The SMILES string of the molecule is CCc1ccc(S(=O)(=O)/N=C/N(C)C)cc1. The van der Waals surface area contributed by atoms with Crippen LogP contribution in [0.25, 0.3) is 0 Å². The van der Waals surface area contributed by atoms with Gasteiger partial charge in [-0.05, 0) is 24.1 Å². The minimum absolute atomic E-state index is 0.225. The Morgan fingerprint density at radius 1 is 1.25 bits per heavy atom. The van der Waals surface area contributed by atoms with E-state index in [0.29, 0.717) is 0 Å². The Kier molecular flexibility index (Phi) is 4.06. The lowest BCUT2D eigenvalue weighted by Crippen LogP contribution is -2.10. The number of hydrogen-bond acceptors (Lipinski definition) is 2. The largest absolute Gasteiger partial charge is 0.368 e. The van der Waals surface area contributed by atoms with Crippen LogP contribution in [0.15, 0.2) is 33.6 Å². The zero-order valence-electron chi connectivity index (χ0n) is 9.71. The molecule has 0 aliphatic carbocycles.